The van der Waals surface area contributed by atoms with Crippen molar-refractivity contribution in [2.24, 2.45) is 0 Å². The zero-order chi connectivity index (χ0) is 17.0. The molecule has 2 rings (SSSR count). The maximum absolute atomic E-state index is 12.3. The van der Waals surface area contributed by atoms with Gasteiger partial charge in [0.1, 0.15) is 0 Å². The number of alkyl halides is 3. The molecule has 1 fully saturated rings. The molecule has 1 aliphatic rings. The third-order valence-corrected chi connectivity index (χ3v) is 4.09. The van der Waals surface area contributed by atoms with Gasteiger partial charge in [-0.3, -0.25) is 9.69 Å². The molecule has 1 aliphatic heterocycles. The second-order valence-corrected chi connectivity index (χ2v) is 6.01. The fraction of sp³-hybridized carbons (Fsp3) is 0.562. The Morgan fingerprint density at radius 2 is 1.74 bits per heavy atom. The number of piperazine rings is 1. The van der Waals surface area contributed by atoms with Gasteiger partial charge in [-0.05, 0) is 25.1 Å². The molecule has 7 heteroatoms. The van der Waals surface area contributed by atoms with E-state index in [9.17, 15) is 18.0 Å². The van der Waals surface area contributed by atoms with Crippen LogP contribution in [-0.2, 0) is 11.3 Å². The van der Waals surface area contributed by atoms with Gasteiger partial charge < -0.3 is 10.2 Å². The van der Waals surface area contributed by atoms with E-state index in [-0.39, 0.29) is 0 Å². The summed E-state index contributed by atoms with van der Waals surface area (Å²) in [6, 6.07) is 6.68. The zero-order valence-corrected chi connectivity index (χ0v) is 13.4. The van der Waals surface area contributed by atoms with Gasteiger partial charge >= 0.3 is 12.1 Å². The first kappa shape index (κ1) is 17.7. The summed E-state index contributed by atoms with van der Waals surface area (Å²) < 4.78 is 36.8. The summed E-state index contributed by atoms with van der Waals surface area (Å²) in [7, 11) is 2.10. The van der Waals surface area contributed by atoms with Gasteiger partial charge in [0, 0.05) is 32.7 Å². The van der Waals surface area contributed by atoms with E-state index in [1.807, 2.05) is 17.4 Å². The fourth-order valence-corrected chi connectivity index (χ4v) is 2.54. The first-order valence-electron chi connectivity index (χ1n) is 7.63. The van der Waals surface area contributed by atoms with E-state index in [0.717, 1.165) is 38.3 Å². The number of likely N-dealkylation sites (N-methyl/N-ethyl adjacent to an activating group) is 1. The molecule has 128 valence electrons. The second kappa shape index (κ2) is 7.31. The van der Waals surface area contributed by atoms with E-state index in [1.165, 1.54) is 0 Å². The van der Waals surface area contributed by atoms with Crippen molar-refractivity contribution in [3.05, 3.63) is 35.4 Å². The van der Waals surface area contributed by atoms with Crippen LogP contribution in [0.4, 0.5) is 13.2 Å². The summed E-state index contributed by atoms with van der Waals surface area (Å²) in [5, 5.41) is 1.96. The van der Waals surface area contributed by atoms with Crippen molar-refractivity contribution in [1.29, 1.82) is 0 Å². The first-order chi connectivity index (χ1) is 10.8. The highest BCUT2D eigenvalue weighted by molar-refractivity contribution is 5.82. The minimum Gasteiger partial charge on any atom is -0.342 e. The van der Waals surface area contributed by atoms with Crippen molar-refractivity contribution in [1.82, 2.24) is 15.1 Å². The average molecular weight is 329 g/mol. The third-order valence-electron chi connectivity index (χ3n) is 4.09. The molecule has 23 heavy (non-hydrogen) atoms. The molecular formula is C16H22F3N3O. The van der Waals surface area contributed by atoms with Crippen LogP contribution in [0.15, 0.2) is 24.3 Å². The Kier molecular flexibility index (Phi) is 5.64. The standard InChI is InChI=1S/C16H22F3N3O/c1-12(20-15(23)16(17,18)19)14-5-3-13(4-6-14)11-22-9-7-21(2)8-10-22/h3-6,12H,7-11H2,1-2H3,(H,20,23)/t12-/m1/s1. The van der Waals surface area contributed by atoms with Crippen molar-refractivity contribution < 1.29 is 18.0 Å². The molecule has 1 saturated heterocycles. The zero-order valence-electron chi connectivity index (χ0n) is 13.4. The number of benzene rings is 1. The fourth-order valence-electron chi connectivity index (χ4n) is 2.54. The van der Waals surface area contributed by atoms with Gasteiger partial charge in [0.15, 0.2) is 0 Å². The summed E-state index contributed by atoms with van der Waals surface area (Å²) >= 11 is 0. The summed E-state index contributed by atoms with van der Waals surface area (Å²) in [5.74, 6) is -1.91. The van der Waals surface area contributed by atoms with E-state index in [1.54, 1.807) is 19.1 Å². The van der Waals surface area contributed by atoms with E-state index in [2.05, 4.69) is 16.8 Å². The molecule has 4 nitrogen and oxygen atoms in total. The maximum Gasteiger partial charge on any atom is 0.471 e. The van der Waals surface area contributed by atoms with Crippen LogP contribution in [0, 0.1) is 0 Å². The monoisotopic (exact) mass is 329 g/mol. The molecule has 1 heterocycles. The molecule has 1 aromatic rings. The number of hydrogen-bond acceptors (Lipinski definition) is 3. The van der Waals surface area contributed by atoms with Crippen LogP contribution in [0.1, 0.15) is 24.1 Å². The molecule has 1 aromatic carbocycles. The summed E-state index contributed by atoms with van der Waals surface area (Å²) in [5.41, 5.74) is 1.78. The Morgan fingerprint density at radius 1 is 1.17 bits per heavy atom. The Bertz CT molecular complexity index is 522. The van der Waals surface area contributed by atoms with Crippen molar-refractivity contribution >= 4 is 5.91 Å². The first-order valence-corrected chi connectivity index (χ1v) is 7.63. The van der Waals surface area contributed by atoms with Crippen LogP contribution in [-0.4, -0.2) is 55.1 Å². The summed E-state index contributed by atoms with van der Waals surface area (Å²) in [6.07, 6.45) is -4.85. The molecule has 1 N–H and O–H groups in total. The van der Waals surface area contributed by atoms with Crippen LogP contribution >= 0.6 is 0 Å². The number of carbonyl (C=O) groups excluding carboxylic acids is 1. The Labute approximate surface area is 134 Å². The molecule has 0 radical (unpaired) electrons. The number of carbonyl (C=O) groups is 1. The van der Waals surface area contributed by atoms with E-state index in [0.29, 0.717) is 5.56 Å². The van der Waals surface area contributed by atoms with Gasteiger partial charge in [-0.25, -0.2) is 0 Å². The summed E-state index contributed by atoms with van der Waals surface area (Å²) in [4.78, 5) is 15.6. The smallest absolute Gasteiger partial charge is 0.342 e. The number of nitrogens with zero attached hydrogens (tertiary/aromatic N) is 2. The van der Waals surface area contributed by atoms with Gasteiger partial charge in [0.2, 0.25) is 0 Å². The molecule has 0 saturated carbocycles. The van der Waals surface area contributed by atoms with Crippen molar-refractivity contribution in [3.8, 4) is 0 Å². The van der Waals surface area contributed by atoms with E-state index >= 15 is 0 Å². The van der Waals surface area contributed by atoms with E-state index < -0.39 is 18.1 Å². The average Bonchev–Trinajstić information content (AvgIpc) is 2.49. The normalized spacial score (nSPS) is 18.7. The molecule has 1 atom stereocenters. The third kappa shape index (κ3) is 5.21. The highest BCUT2D eigenvalue weighted by Crippen LogP contribution is 2.19. The van der Waals surface area contributed by atoms with Crippen molar-refractivity contribution in [3.63, 3.8) is 0 Å². The molecule has 0 aromatic heterocycles. The van der Waals surface area contributed by atoms with Crippen LogP contribution in [0.25, 0.3) is 0 Å². The lowest BCUT2D eigenvalue weighted by Crippen LogP contribution is -2.43. The van der Waals surface area contributed by atoms with Crippen molar-refractivity contribution in [2.45, 2.75) is 25.7 Å². The van der Waals surface area contributed by atoms with Gasteiger partial charge in [0.05, 0.1) is 6.04 Å². The highest BCUT2D eigenvalue weighted by Gasteiger charge is 2.39. The molecule has 0 bridgehead atoms. The van der Waals surface area contributed by atoms with Gasteiger partial charge in [-0.15, -0.1) is 0 Å². The molecule has 1 amide bonds. The number of hydrogen-bond donors (Lipinski definition) is 1. The van der Waals surface area contributed by atoms with Crippen LogP contribution in [0.2, 0.25) is 0 Å². The Morgan fingerprint density at radius 3 is 2.26 bits per heavy atom. The minimum absolute atomic E-state index is 0.657. The molecular weight excluding hydrogens is 307 g/mol. The SMILES string of the molecule is C[C@@H](NC(=O)C(F)(F)F)c1ccc(CN2CCN(C)CC2)cc1. The maximum atomic E-state index is 12.3. The number of nitrogens with one attached hydrogen (secondary N) is 1. The number of rotatable bonds is 4. The predicted molar refractivity (Wildman–Crippen MR) is 81.8 cm³/mol. The molecule has 0 aliphatic carbocycles. The molecule has 0 unspecified atom stereocenters. The largest absolute Gasteiger partial charge is 0.471 e. The minimum atomic E-state index is -4.85. The second-order valence-electron chi connectivity index (χ2n) is 6.01. The van der Waals surface area contributed by atoms with Crippen LogP contribution in [0.5, 0.6) is 0 Å². The van der Waals surface area contributed by atoms with Gasteiger partial charge in [-0.1, -0.05) is 24.3 Å². The van der Waals surface area contributed by atoms with Crippen LogP contribution in [0.3, 0.4) is 0 Å². The lowest BCUT2D eigenvalue weighted by Gasteiger charge is -2.32. The number of amides is 1. The topological polar surface area (TPSA) is 35.6 Å². The Hall–Kier alpha value is -1.60. The van der Waals surface area contributed by atoms with Gasteiger partial charge in [0.25, 0.3) is 0 Å². The lowest BCUT2D eigenvalue weighted by atomic mass is 10.1. The van der Waals surface area contributed by atoms with Gasteiger partial charge in [-0.2, -0.15) is 13.2 Å². The lowest BCUT2D eigenvalue weighted by molar-refractivity contribution is -0.174. The van der Waals surface area contributed by atoms with E-state index in [4.69, 9.17) is 0 Å². The van der Waals surface area contributed by atoms with Crippen molar-refractivity contribution in [2.75, 3.05) is 33.2 Å². The summed E-state index contributed by atoms with van der Waals surface area (Å²) in [6.45, 7) is 6.47. The van der Waals surface area contributed by atoms with Crippen LogP contribution < -0.4 is 5.32 Å². The Balaban J connectivity index is 1.90. The predicted octanol–water partition coefficient (Wildman–Crippen LogP) is 2.17. The molecule has 0 spiro atoms. The quantitative estimate of drug-likeness (QED) is 0.920. The number of halogens is 3. The highest BCUT2D eigenvalue weighted by atomic mass is 19.4.